The van der Waals surface area contributed by atoms with Crippen LogP contribution in [0.25, 0.3) is 0 Å². The lowest BCUT2D eigenvalue weighted by molar-refractivity contribution is -0.150. The van der Waals surface area contributed by atoms with Crippen LogP contribution in [0.5, 0.6) is 0 Å². The zero-order valence-corrected chi connectivity index (χ0v) is 20.5. The maximum atomic E-state index is 12.8. The third kappa shape index (κ3) is 5.42. The number of amides is 2. The molecule has 7 nitrogen and oxygen atoms in total. The van der Waals surface area contributed by atoms with E-state index in [1.165, 1.54) is 0 Å². The second-order valence-electron chi connectivity index (χ2n) is 9.93. The Kier molecular flexibility index (Phi) is 6.54. The van der Waals surface area contributed by atoms with Crippen LogP contribution in [0.2, 0.25) is 0 Å². The molecule has 2 N–H and O–H groups in total. The number of carbonyl (C=O) groups is 1. The monoisotopic (exact) mass is 452 g/mol. The maximum absolute atomic E-state index is 12.8. The van der Waals surface area contributed by atoms with Gasteiger partial charge in [-0.3, -0.25) is 0 Å². The number of fused-ring (bicyclic) bond motifs is 1. The van der Waals surface area contributed by atoms with Crippen molar-refractivity contribution in [1.82, 2.24) is 10.6 Å². The molecule has 4 atom stereocenters. The SMILES string of the molecule is CN(C)c1ccc(C[C@H]2NC(=O)N[C@H](Cc3ccc(N(C)C)cc3)[C@@H]3OC(C)(C)O[C@H]32)cc1. The Morgan fingerprint density at radius 1 is 0.727 bits per heavy atom. The average molecular weight is 453 g/mol. The van der Waals surface area contributed by atoms with Crippen LogP contribution >= 0.6 is 0 Å². The number of ether oxygens (including phenoxy) is 2. The van der Waals surface area contributed by atoms with Crippen LogP contribution < -0.4 is 20.4 Å². The first-order valence-corrected chi connectivity index (χ1v) is 11.6. The van der Waals surface area contributed by atoms with Gasteiger partial charge in [0.15, 0.2) is 5.79 Å². The summed E-state index contributed by atoms with van der Waals surface area (Å²) in [4.78, 5) is 17.0. The molecule has 2 aromatic rings. The van der Waals surface area contributed by atoms with Crippen molar-refractivity contribution in [2.24, 2.45) is 0 Å². The second kappa shape index (κ2) is 9.23. The van der Waals surface area contributed by atoms with Crippen LogP contribution in [-0.2, 0) is 22.3 Å². The smallest absolute Gasteiger partial charge is 0.315 e. The fraction of sp³-hybridized carbons (Fsp3) is 0.500. The molecule has 2 aliphatic heterocycles. The average Bonchev–Trinajstić information content (AvgIpc) is 3.03. The fourth-order valence-electron chi connectivity index (χ4n) is 4.68. The number of hydrogen-bond acceptors (Lipinski definition) is 5. The minimum Gasteiger partial charge on any atom is -0.378 e. The van der Waals surface area contributed by atoms with Crippen molar-refractivity contribution in [2.45, 2.75) is 56.8 Å². The Balaban J connectivity index is 1.55. The van der Waals surface area contributed by atoms with Gasteiger partial charge in [-0.05, 0) is 62.1 Å². The van der Waals surface area contributed by atoms with Gasteiger partial charge in [0.1, 0.15) is 12.2 Å². The van der Waals surface area contributed by atoms with E-state index < -0.39 is 5.79 Å². The van der Waals surface area contributed by atoms with Gasteiger partial charge in [0.05, 0.1) is 12.1 Å². The Hall–Kier alpha value is -2.77. The molecule has 2 amide bonds. The number of nitrogens with zero attached hydrogens (tertiary/aromatic N) is 2. The minimum atomic E-state index is -0.709. The summed E-state index contributed by atoms with van der Waals surface area (Å²) >= 11 is 0. The summed E-state index contributed by atoms with van der Waals surface area (Å²) in [6.45, 7) is 3.88. The number of benzene rings is 2. The van der Waals surface area contributed by atoms with E-state index in [1.807, 2.05) is 42.0 Å². The lowest BCUT2D eigenvalue weighted by Gasteiger charge is -2.26. The molecule has 0 saturated carbocycles. The standard InChI is InChI=1S/C26H36N4O3/c1-26(2)32-23-21(15-17-7-11-19(12-8-17)29(3)4)27-25(31)28-22(24(23)33-26)16-18-9-13-20(14-10-18)30(5)6/h7-14,21-24H,15-16H2,1-6H3,(H2,27,28,31)/t21-,22-,23+,24+/m1/s1. The number of carbonyl (C=O) groups excluding carboxylic acids is 1. The predicted molar refractivity (Wildman–Crippen MR) is 132 cm³/mol. The molecule has 2 saturated heterocycles. The molecule has 178 valence electrons. The van der Waals surface area contributed by atoms with Crippen molar-refractivity contribution in [3.05, 3.63) is 59.7 Å². The molecule has 0 spiro atoms. The van der Waals surface area contributed by atoms with Crippen LogP contribution in [0.3, 0.4) is 0 Å². The summed E-state index contributed by atoms with van der Waals surface area (Å²) in [6.07, 6.45) is 0.842. The summed E-state index contributed by atoms with van der Waals surface area (Å²) in [5.74, 6) is -0.709. The first kappa shape index (κ1) is 23.4. The Morgan fingerprint density at radius 2 is 1.09 bits per heavy atom. The molecular weight excluding hydrogens is 416 g/mol. The quantitative estimate of drug-likeness (QED) is 0.705. The maximum Gasteiger partial charge on any atom is 0.315 e. The van der Waals surface area contributed by atoms with Crippen molar-refractivity contribution in [3.8, 4) is 0 Å². The van der Waals surface area contributed by atoms with Crippen molar-refractivity contribution in [3.63, 3.8) is 0 Å². The largest absolute Gasteiger partial charge is 0.378 e. The molecule has 0 bridgehead atoms. The van der Waals surface area contributed by atoms with Crippen molar-refractivity contribution in [2.75, 3.05) is 38.0 Å². The number of hydrogen-bond donors (Lipinski definition) is 2. The van der Waals surface area contributed by atoms with E-state index in [0.717, 1.165) is 22.5 Å². The van der Waals surface area contributed by atoms with E-state index >= 15 is 0 Å². The Bertz CT molecular complexity index is 881. The molecule has 0 aliphatic carbocycles. The molecular formula is C26H36N4O3. The molecule has 4 rings (SSSR count). The molecule has 0 unspecified atom stereocenters. The molecule has 2 heterocycles. The number of anilines is 2. The number of nitrogens with one attached hydrogen (secondary N) is 2. The van der Waals surface area contributed by atoms with Gasteiger partial charge in [-0.15, -0.1) is 0 Å². The van der Waals surface area contributed by atoms with Crippen LogP contribution in [0.4, 0.5) is 16.2 Å². The summed E-state index contributed by atoms with van der Waals surface area (Å²) in [6, 6.07) is 16.3. The summed E-state index contributed by atoms with van der Waals surface area (Å²) < 4.78 is 12.7. The highest BCUT2D eigenvalue weighted by atomic mass is 16.8. The number of rotatable bonds is 6. The molecule has 2 aliphatic rings. The molecule has 0 aromatic heterocycles. The van der Waals surface area contributed by atoms with Gasteiger partial charge in [-0.2, -0.15) is 0 Å². The highest BCUT2D eigenvalue weighted by molar-refractivity contribution is 5.75. The van der Waals surface area contributed by atoms with Crippen molar-refractivity contribution >= 4 is 17.4 Å². The highest BCUT2D eigenvalue weighted by Gasteiger charge is 2.50. The van der Waals surface area contributed by atoms with Gasteiger partial charge in [0.25, 0.3) is 0 Å². The van der Waals surface area contributed by atoms with Crippen molar-refractivity contribution < 1.29 is 14.3 Å². The summed E-state index contributed by atoms with van der Waals surface area (Å²) in [7, 11) is 8.10. The lowest BCUT2D eigenvalue weighted by Crippen LogP contribution is -2.47. The van der Waals surface area contributed by atoms with E-state index in [1.54, 1.807) is 0 Å². The Labute approximate surface area is 197 Å². The van der Waals surface area contributed by atoms with E-state index in [-0.39, 0.29) is 30.3 Å². The molecule has 0 radical (unpaired) electrons. The third-order valence-corrected chi connectivity index (χ3v) is 6.41. The molecule has 2 fully saturated rings. The summed E-state index contributed by atoms with van der Waals surface area (Å²) in [5.41, 5.74) is 4.58. The molecule has 2 aromatic carbocycles. The van der Waals surface area contributed by atoms with E-state index in [9.17, 15) is 4.79 Å². The van der Waals surface area contributed by atoms with Crippen molar-refractivity contribution in [1.29, 1.82) is 0 Å². The molecule has 7 heteroatoms. The predicted octanol–water partition coefficient (Wildman–Crippen LogP) is 3.17. The highest BCUT2D eigenvalue weighted by Crippen LogP contribution is 2.35. The summed E-state index contributed by atoms with van der Waals surface area (Å²) in [5, 5.41) is 6.28. The first-order chi connectivity index (χ1) is 15.6. The fourth-order valence-corrected chi connectivity index (χ4v) is 4.68. The van der Waals surface area contributed by atoms with Gasteiger partial charge in [0, 0.05) is 39.6 Å². The zero-order chi connectivity index (χ0) is 23.8. The van der Waals surface area contributed by atoms with Crippen LogP contribution in [-0.4, -0.2) is 64.3 Å². The normalized spacial score (nSPS) is 26.1. The number of urea groups is 1. The molecule has 33 heavy (non-hydrogen) atoms. The van der Waals surface area contributed by atoms with E-state index in [0.29, 0.717) is 12.8 Å². The van der Waals surface area contributed by atoms with E-state index in [4.69, 9.17) is 9.47 Å². The van der Waals surface area contributed by atoms with Crippen LogP contribution in [0.15, 0.2) is 48.5 Å². The van der Waals surface area contributed by atoms with Crippen LogP contribution in [0, 0.1) is 0 Å². The lowest BCUT2D eigenvalue weighted by atomic mass is 9.92. The van der Waals surface area contributed by atoms with Gasteiger partial charge >= 0.3 is 6.03 Å². The third-order valence-electron chi connectivity index (χ3n) is 6.41. The Morgan fingerprint density at radius 3 is 1.42 bits per heavy atom. The van der Waals surface area contributed by atoms with Crippen LogP contribution in [0.1, 0.15) is 25.0 Å². The van der Waals surface area contributed by atoms with Gasteiger partial charge in [0.2, 0.25) is 0 Å². The topological polar surface area (TPSA) is 66.1 Å². The zero-order valence-electron chi connectivity index (χ0n) is 20.5. The second-order valence-corrected chi connectivity index (χ2v) is 9.93. The minimum absolute atomic E-state index is 0.181. The van der Waals surface area contributed by atoms with Gasteiger partial charge in [-0.1, -0.05) is 24.3 Å². The van der Waals surface area contributed by atoms with Gasteiger partial charge in [-0.25, -0.2) is 4.79 Å². The van der Waals surface area contributed by atoms with E-state index in [2.05, 4.69) is 69.0 Å². The first-order valence-electron chi connectivity index (χ1n) is 11.6. The van der Waals surface area contributed by atoms with Gasteiger partial charge < -0.3 is 29.9 Å².